The molecule has 2 heterocycles. The van der Waals surface area contributed by atoms with Crippen molar-refractivity contribution in [1.82, 2.24) is 15.1 Å². The first-order chi connectivity index (χ1) is 19.3. The molecule has 14 heteroatoms. The zero-order valence-electron chi connectivity index (χ0n) is 22.9. The van der Waals surface area contributed by atoms with Gasteiger partial charge in [-0.05, 0) is 62.3 Å². The summed E-state index contributed by atoms with van der Waals surface area (Å²) in [5, 5.41) is 31.6. The smallest absolute Gasteiger partial charge is 0.447 e. The number of nitriles is 1. The van der Waals surface area contributed by atoms with Crippen LogP contribution in [-0.2, 0) is 26.9 Å². The summed E-state index contributed by atoms with van der Waals surface area (Å²) in [6, 6.07) is 5.74. The van der Waals surface area contributed by atoms with Crippen LogP contribution in [0.25, 0.3) is 0 Å². The van der Waals surface area contributed by atoms with Gasteiger partial charge in [0.05, 0.1) is 30.8 Å². The van der Waals surface area contributed by atoms with Gasteiger partial charge in [-0.1, -0.05) is 12.1 Å². The van der Waals surface area contributed by atoms with Gasteiger partial charge in [0.15, 0.2) is 0 Å². The SMILES string of the molecule is CC(C)(C=C(C#N)C(=O)N1C[C@@H]2C[C@@H]2[C@@H]1COC(=O)N[C@@H](Cc1ccc(C(F)(F)F)cc1)B(O)O)N1CCOCC1. The first-order valence-electron chi connectivity index (χ1n) is 13.5. The van der Waals surface area contributed by atoms with Crippen molar-refractivity contribution in [2.45, 2.75) is 50.4 Å². The van der Waals surface area contributed by atoms with Crippen molar-refractivity contribution in [3.63, 3.8) is 0 Å². The number of amides is 2. The van der Waals surface area contributed by atoms with Crippen LogP contribution < -0.4 is 5.32 Å². The molecule has 0 unspecified atom stereocenters. The number of nitrogens with zero attached hydrogens (tertiary/aromatic N) is 3. The summed E-state index contributed by atoms with van der Waals surface area (Å²) in [6.45, 7) is 6.67. The van der Waals surface area contributed by atoms with Gasteiger partial charge in [0.2, 0.25) is 0 Å². The number of halogens is 3. The standard InChI is InChI=1S/C27H34BF3N4O6/c1-26(2,34-7-9-40-10-8-34)13-19(14-32)24(36)35-15-18-12-21(18)22(35)16-41-25(37)33-23(28(38)39)11-17-3-5-20(6-4-17)27(29,30)31/h3-6,13,18,21-23,38-39H,7-12,15-16H2,1-2H3,(H,33,37)/t18-,21-,22-,23-/m0/s1. The molecule has 1 aromatic carbocycles. The van der Waals surface area contributed by atoms with Crippen molar-refractivity contribution in [3.8, 4) is 6.07 Å². The predicted octanol–water partition coefficient (Wildman–Crippen LogP) is 1.76. The van der Waals surface area contributed by atoms with E-state index < -0.39 is 48.4 Å². The molecule has 2 saturated heterocycles. The molecule has 4 rings (SSSR count). The number of alkyl carbamates (subject to hydrolysis) is 1. The number of benzene rings is 1. The summed E-state index contributed by atoms with van der Waals surface area (Å²) in [7, 11) is -2.00. The number of rotatable bonds is 9. The first kappa shape index (κ1) is 30.8. The molecule has 0 aromatic heterocycles. The fourth-order valence-corrected chi connectivity index (χ4v) is 5.57. The lowest BCUT2D eigenvalue weighted by Gasteiger charge is -2.39. The minimum atomic E-state index is -4.50. The lowest BCUT2D eigenvalue weighted by molar-refractivity contribution is -0.137. The summed E-state index contributed by atoms with van der Waals surface area (Å²) in [6.07, 6.45) is -3.08. The molecule has 0 bridgehead atoms. The van der Waals surface area contributed by atoms with E-state index in [0.717, 1.165) is 18.6 Å². The van der Waals surface area contributed by atoms with Crippen molar-refractivity contribution >= 4 is 19.1 Å². The summed E-state index contributed by atoms with van der Waals surface area (Å²) in [5.74, 6) is -1.29. The van der Waals surface area contributed by atoms with Gasteiger partial charge in [-0.2, -0.15) is 18.4 Å². The van der Waals surface area contributed by atoms with E-state index >= 15 is 0 Å². The third-order valence-electron chi connectivity index (χ3n) is 8.02. The second kappa shape index (κ2) is 12.4. The van der Waals surface area contributed by atoms with E-state index in [4.69, 9.17) is 9.47 Å². The Bertz CT molecular complexity index is 1180. The number of carbonyl (C=O) groups excluding carboxylic acids is 2. The molecule has 2 amide bonds. The van der Waals surface area contributed by atoms with Gasteiger partial charge in [0.25, 0.3) is 5.91 Å². The van der Waals surface area contributed by atoms with E-state index in [-0.39, 0.29) is 30.4 Å². The lowest BCUT2D eigenvalue weighted by Crippen LogP contribution is -2.50. The highest BCUT2D eigenvalue weighted by Gasteiger charge is 2.54. The van der Waals surface area contributed by atoms with E-state index in [9.17, 15) is 38.1 Å². The van der Waals surface area contributed by atoms with Crippen LogP contribution in [0.3, 0.4) is 0 Å². The number of nitrogens with one attached hydrogen (secondary N) is 1. The third kappa shape index (κ3) is 7.59. The molecule has 1 aromatic rings. The zero-order chi connectivity index (χ0) is 29.9. The Morgan fingerprint density at radius 1 is 1.24 bits per heavy atom. The van der Waals surface area contributed by atoms with Crippen LogP contribution in [0.4, 0.5) is 18.0 Å². The fraction of sp³-hybridized carbons (Fsp3) is 0.593. The monoisotopic (exact) mass is 578 g/mol. The number of piperidine rings is 1. The van der Waals surface area contributed by atoms with Crippen molar-refractivity contribution in [2.75, 3.05) is 39.5 Å². The van der Waals surface area contributed by atoms with E-state index in [0.29, 0.717) is 38.4 Å². The Balaban J connectivity index is 1.36. The molecule has 3 aliphatic rings. The number of hydrogen-bond acceptors (Lipinski definition) is 8. The van der Waals surface area contributed by atoms with Gasteiger partial charge in [-0.25, -0.2) is 4.79 Å². The highest BCUT2D eigenvalue weighted by Crippen LogP contribution is 2.50. The van der Waals surface area contributed by atoms with E-state index in [1.165, 1.54) is 12.1 Å². The second-order valence-corrected chi connectivity index (χ2v) is 11.3. The van der Waals surface area contributed by atoms with Gasteiger partial charge < -0.3 is 29.7 Å². The summed E-state index contributed by atoms with van der Waals surface area (Å²) in [4.78, 5) is 29.7. The summed E-state index contributed by atoms with van der Waals surface area (Å²) in [5.41, 5.74) is -1.03. The second-order valence-electron chi connectivity index (χ2n) is 11.3. The molecule has 10 nitrogen and oxygen atoms in total. The topological polar surface area (TPSA) is 135 Å². The quantitative estimate of drug-likeness (QED) is 0.229. The van der Waals surface area contributed by atoms with E-state index in [1.807, 2.05) is 19.9 Å². The number of morpholine rings is 1. The Morgan fingerprint density at radius 2 is 1.90 bits per heavy atom. The zero-order valence-corrected chi connectivity index (χ0v) is 22.9. The first-order valence-corrected chi connectivity index (χ1v) is 13.5. The van der Waals surface area contributed by atoms with Crippen molar-refractivity contribution in [2.24, 2.45) is 11.8 Å². The Labute approximate surface area is 236 Å². The molecular formula is C27H34BF3N4O6. The van der Waals surface area contributed by atoms with Crippen LogP contribution in [0.1, 0.15) is 31.4 Å². The molecule has 1 aliphatic carbocycles. The average Bonchev–Trinajstić information content (AvgIpc) is 3.61. The maximum atomic E-state index is 13.4. The number of ether oxygens (including phenoxy) is 2. The van der Waals surface area contributed by atoms with Crippen LogP contribution in [0.5, 0.6) is 0 Å². The molecule has 3 N–H and O–H groups in total. The predicted molar refractivity (Wildman–Crippen MR) is 141 cm³/mol. The molecule has 41 heavy (non-hydrogen) atoms. The molecule has 2 aliphatic heterocycles. The maximum Gasteiger partial charge on any atom is 0.475 e. The Kier molecular flexibility index (Phi) is 9.33. The van der Waals surface area contributed by atoms with Gasteiger partial charge in [-0.15, -0.1) is 0 Å². The Hall–Kier alpha value is -3.12. The molecular weight excluding hydrogens is 544 g/mol. The van der Waals surface area contributed by atoms with Gasteiger partial charge in [0.1, 0.15) is 18.2 Å². The minimum absolute atomic E-state index is 0.0113. The molecule has 0 radical (unpaired) electrons. The van der Waals surface area contributed by atoms with Crippen LogP contribution >= 0.6 is 0 Å². The molecule has 0 spiro atoms. The van der Waals surface area contributed by atoms with Crippen LogP contribution in [-0.4, -0.2) is 95.9 Å². The fourth-order valence-electron chi connectivity index (χ4n) is 5.57. The van der Waals surface area contributed by atoms with Crippen molar-refractivity contribution in [3.05, 3.63) is 47.0 Å². The van der Waals surface area contributed by atoms with Crippen LogP contribution in [0.15, 0.2) is 35.9 Å². The molecule has 1 saturated carbocycles. The number of likely N-dealkylation sites (tertiary alicyclic amines) is 1. The van der Waals surface area contributed by atoms with E-state index in [2.05, 4.69) is 10.2 Å². The van der Waals surface area contributed by atoms with Crippen LogP contribution in [0, 0.1) is 23.2 Å². The van der Waals surface area contributed by atoms with E-state index in [1.54, 1.807) is 11.0 Å². The average molecular weight is 578 g/mol. The van der Waals surface area contributed by atoms with Crippen LogP contribution in [0.2, 0.25) is 0 Å². The number of fused-ring (bicyclic) bond motifs is 1. The lowest BCUT2D eigenvalue weighted by atomic mass is 9.76. The Morgan fingerprint density at radius 3 is 2.49 bits per heavy atom. The van der Waals surface area contributed by atoms with Crippen molar-refractivity contribution in [1.29, 1.82) is 5.26 Å². The number of alkyl halides is 3. The highest BCUT2D eigenvalue weighted by atomic mass is 19.4. The number of carbonyl (C=O) groups is 2. The number of hydrogen-bond donors (Lipinski definition) is 3. The maximum absolute atomic E-state index is 13.4. The summed E-state index contributed by atoms with van der Waals surface area (Å²) < 4.78 is 49.2. The van der Waals surface area contributed by atoms with Gasteiger partial charge in [0, 0.05) is 25.2 Å². The van der Waals surface area contributed by atoms with Gasteiger partial charge in [-0.3, -0.25) is 9.69 Å². The van der Waals surface area contributed by atoms with Gasteiger partial charge >= 0.3 is 19.4 Å². The minimum Gasteiger partial charge on any atom is -0.447 e. The highest BCUT2D eigenvalue weighted by molar-refractivity contribution is 6.43. The molecule has 4 atom stereocenters. The summed E-state index contributed by atoms with van der Waals surface area (Å²) >= 11 is 0. The molecule has 222 valence electrons. The molecule has 3 fully saturated rings. The normalized spacial score (nSPS) is 23.8. The third-order valence-corrected chi connectivity index (χ3v) is 8.02. The largest absolute Gasteiger partial charge is 0.475 e. The van der Waals surface area contributed by atoms with Crippen molar-refractivity contribution < 1.29 is 42.3 Å².